The molecule has 0 fully saturated rings. The van der Waals surface area contributed by atoms with Crippen LogP contribution in [0.1, 0.15) is 27.7 Å². The zero-order chi connectivity index (χ0) is 9.78. The van der Waals surface area contributed by atoms with Crippen LogP contribution < -0.4 is 5.32 Å². The quantitative estimate of drug-likeness (QED) is 0.653. The second-order valence-electron chi connectivity index (χ2n) is 3.73. The average molecular weight is 191 g/mol. The maximum Gasteiger partial charge on any atom is 0.407 e. The fraction of sp³-hybridized carbons (Fsp3) is 0.875. The summed E-state index contributed by atoms with van der Waals surface area (Å²) in [6, 6.07) is 0. The Labute approximate surface area is 79.3 Å². The molecule has 72 valence electrons. The summed E-state index contributed by atoms with van der Waals surface area (Å²) >= 11 is 4.11. The molecule has 1 amide bonds. The minimum absolute atomic E-state index is 0.150. The monoisotopic (exact) mass is 191 g/mol. The number of thiol groups is 1. The average Bonchev–Trinajstić information content (AvgIpc) is 1.79. The van der Waals surface area contributed by atoms with Gasteiger partial charge in [-0.25, -0.2) is 4.79 Å². The fourth-order valence-electron chi connectivity index (χ4n) is 0.545. The van der Waals surface area contributed by atoms with Crippen molar-refractivity contribution >= 4 is 18.7 Å². The number of alkyl carbamates (subject to hydrolysis) is 1. The third kappa shape index (κ3) is 7.72. The van der Waals surface area contributed by atoms with Gasteiger partial charge >= 0.3 is 6.09 Å². The molecule has 4 heteroatoms. The van der Waals surface area contributed by atoms with Gasteiger partial charge in [-0.15, -0.1) is 0 Å². The van der Waals surface area contributed by atoms with E-state index in [-0.39, 0.29) is 11.3 Å². The molecule has 0 bridgehead atoms. The van der Waals surface area contributed by atoms with Gasteiger partial charge in [-0.1, -0.05) is 6.92 Å². The first-order chi connectivity index (χ1) is 5.31. The van der Waals surface area contributed by atoms with Crippen molar-refractivity contribution in [2.24, 2.45) is 0 Å². The molecule has 0 heterocycles. The van der Waals surface area contributed by atoms with E-state index in [0.717, 1.165) is 0 Å². The van der Waals surface area contributed by atoms with Crippen LogP contribution in [0.5, 0.6) is 0 Å². The van der Waals surface area contributed by atoms with E-state index in [4.69, 9.17) is 4.74 Å². The number of amides is 1. The van der Waals surface area contributed by atoms with Gasteiger partial charge in [0.25, 0.3) is 0 Å². The Balaban J connectivity index is 3.61. The van der Waals surface area contributed by atoms with Crippen LogP contribution in [0, 0.1) is 0 Å². The first-order valence-corrected chi connectivity index (χ1v) is 4.48. The summed E-state index contributed by atoms with van der Waals surface area (Å²) in [5.74, 6) is 0. The van der Waals surface area contributed by atoms with E-state index >= 15 is 0 Å². The van der Waals surface area contributed by atoms with E-state index in [1.165, 1.54) is 0 Å². The summed E-state index contributed by atoms with van der Waals surface area (Å²) in [6.45, 7) is 7.92. The maximum atomic E-state index is 11.0. The van der Waals surface area contributed by atoms with E-state index in [9.17, 15) is 4.79 Å². The Hall–Kier alpha value is -0.380. The molecule has 0 aromatic rings. The zero-order valence-electron chi connectivity index (χ0n) is 8.05. The van der Waals surface area contributed by atoms with Crippen molar-refractivity contribution in [1.82, 2.24) is 5.32 Å². The van der Waals surface area contributed by atoms with E-state index < -0.39 is 5.60 Å². The third-order valence-corrected chi connectivity index (χ3v) is 1.12. The van der Waals surface area contributed by atoms with Gasteiger partial charge < -0.3 is 10.1 Å². The molecule has 0 spiro atoms. The van der Waals surface area contributed by atoms with Crippen LogP contribution in [0.4, 0.5) is 4.79 Å². The molecule has 0 radical (unpaired) electrons. The normalized spacial score (nSPS) is 13.8. The van der Waals surface area contributed by atoms with Gasteiger partial charge in [-0.3, -0.25) is 0 Å². The second-order valence-corrected chi connectivity index (χ2v) is 4.61. The number of carbonyl (C=O) groups excluding carboxylic acids is 1. The predicted molar refractivity (Wildman–Crippen MR) is 52.7 cm³/mol. The molecule has 0 aliphatic heterocycles. The Bertz CT molecular complexity index is 152. The van der Waals surface area contributed by atoms with Crippen molar-refractivity contribution in [2.75, 3.05) is 6.54 Å². The lowest BCUT2D eigenvalue weighted by Gasteiger charge is -2.20. The number of carbonyl (C=O) groups is 1. The highest BCUT2D eigenvalue weighted by Gasteiger charge is 2.15. The van der Waals surface area contributed by atoms with Crippen LogP contribution in [-0.2, 0) is 4.74 Å². The van der Waals surface area contributed by atoms with E-state index in [1.807, 2.05) is 27.7 Å². The number of nitrogens with one attached hydrogen (secondary N) is 1. The minimum Gasteiger partial charge on any atom is -0.444 e. The smallest absolute Gasteiger partial charge is 0.407 e. The lowest BCUT2D eigenvalue weighted by Crippen LogP contribution is -2.35. The highest BCUT2D eigenvalue weighted by atomic mass is 32.1. The van der Waals surface area contributed by atoms with Gasteiger partial charge in [0.1, 0.15) is 5.60 Å². The summed E-state index contributed by atoms with van der Waals surface area (Å²) in [5.41, 5.74) is -0.427. The molecule has 3 nitrogen and oxygen atoms in total. The summed E-state index contributed by atoms with van der Waals surface area (Å²) < 4.78 is 5.00. The van der Waals surface area contributed by atoms with Crippen molar-refractivity contribution in [3.63, 3.8) is 0 Å². The molecule has 1 N–H and O–H groups in total. The Morgan fingerprint density at radius 1 is 1.58 bits per heavy atom. The van der Waals surface area contributed by atoms with Gasteiger partial charge in [0.15, 0.2) is 0 Å². The Kier molecular flexibility index (Phi) is 4.45. The summed E-state index contributed by atoms with van der Waals surface area (Å²) in [4.78, 5) is 11.0. The van der Waals surface area contributed by atoms with Gasteiger partial charge in [0.05, 0.1) is 0 Å². The van der Waals surface area contributed by atoms with Gasteiger partial charge in [-0.2, -0.15) is 12.6 Å². The molecule has 0 saturated heterocycles. The van der Waals surface area contributed by atoms with Gasteiger partial charge in [0.2, 0.25) is 0 Å². The second kappa shape index (κ2) is 4.60. The molecular formula is C8H17NO2S. The molecule has 0 saturated carbocycles. The number of rotatable bonds is 2. The molecule has 1 atom stereocenters. The third-order valence-electron chi connectivity index (χ3n) is 0.941. The van der Waals surface area contributed by atoms with Crippen molar-refractivity contribution in [3.05, 3.63) is 0 Å². The topological polar surface area (TPSA) is 38.3 Å². The van der Waals surface area contributed by atoms with Crippen molar-refractivity contribution in [1.29, 1.82) is 0 Å². The standard InChI is InChI=1S/C8H17NO2S/c1-6(12)5-9-7(10)11-8(2,3)4/h6,12H,5H2,1-4H3,(H,9,10)/t6-/m1/s1. The largest absolute Gasteiger partial charge is 0.444 e. The molecule has 0 rings (SSSR count). The summed E-state index contributed by atoms with van der Waals surface area (Å²) in [5, 5.41) is 2.75. The van der Waals surface area contributed by atoms with E-state index in [1.54, 1.807) is 0 Å². The highest BCUT2D eigenvalue weighted by molar-refractivity contribution is 7.80. The molecule has 0 unspecified atom stereocenters. The van der Waals surface area contributed by atoms with E-state index in [0.29, 0.717) is 6.54 Å². The minimum atomic E-state index is -0.427. The van der Waals surface area contributed by atoms with Crippen molar-refractivity contribution in [2.45, 2.75) is 38.5 Å². The molecular weight excluding hydrogens is 174 g/mol. The molecule has 0 aromatic heterocycles. The van der Waals surface area contributed by atoms with E-state index in [2.05, 4.69) is 17.9 Å². The lowest BCUT2D eigenvalue weighted by molar-refractivity contribution is 0.0528. The van der Waals surface area contributed by atoms with Crippen molar-refractivity contribution in [3.8, 4) is 0 Å². The molecule has 0 aliphatic carbocycles. The molecule has 12 heavy (non-hydrogen) atoms. The van der Waals surface area contributed by atoms with Crippen molar-refractivity contribution < 1.29 is 9.53 Å². The van der Waals surface area contributed by atoms with Gasteiger partial charge in [0, 0.05) is 11.8 Å². The Morgan fingerprint density at radius 3 is 2.42 bits per heavy atom. The Morgan fingerprint density at radius 2 is 2.08 bits per heavy atom. The number of hydrogen-bond donors (Lipinski definition) is 2. The van der Waals surface area contributed by atoms with Crippen LogP contribution in [0.25, 0.3) is 0 Å². The summed E-state index contributed by atoms with van der Waals surface area (Å²) in [7, 11) is 0. The van der Waals surface area contributed by atoms with Crippen LogP contribution >= 0.6 is 12.6 Å². The number of hydrogen-bond acceptors (Lipinski definition) is 3. The summed E-state index contributed by atoms with van der Waals surface area (Å²) in [6.07, 6.45) is -0.386. The maximum absolute atomic E-state index is 11.0. The van der Waals surface area contributed by atoms with Gasteiger partial charge in [-0.05, 0) is 20.8 Å². The zero-order valence-corrected chi connectivity index (χ0v) is 8.94. The lowest BCUT2D eigenvalue weighted by atomic mass is 10.2. The predicted octanol–water partition coefficient (Wildman–Crippen LogP) is 1.83. The van der Waals surface area contributed by atoms with Crippen LogP contribution in [0.2, 0.25) is 0 Å². The number of ether oxygens (including phenoxy) is 1. The molecule has 0 aliphatic rings. The SMILES string of the molecule is C[C@@H](S)CNC(=O)OC(C)(C)C. The first kappa shape index (κ1) is 11.6. The fourth-order valence-corrected chi connectivity index (χ4v) is 0.637. The van der Waals surface area contributed by atoms with Crippen LogP contribution in [0.15, 0.2) is 0 Å². The van der Waals surface area contributed by atoms with Crippen LogP contribution in [-0.4, -0.2) is 23.5 Å². The highest BCUT2D eigenvalue weighted by Crippen LogP contribution is 2.06. The van der Waals surface area contributed by atoms with Crippen LogP contribution in [0.3, 0.4) is 0 Å². The first-order valence-electron chi connectivity index (χ1n) is 3.96. The molecule has 0 aromatic carbocycles.